The summed E-state index contributed by atoms with van der Waals surface area (Å²) >= 11 is 0. The smallest absolute Gasteiger partial charge is 0.239 e. The average Bonchev–Trinajstić information content (AvgIpc) is 2.40. The number of ether oxygens (including phenoxy) is 1. The largest absolute Gasteiger partial charge is 0.470 e. The van der Waals surface area contributed by atoms with E-state index < -0.39 is 0 Å². The van der Waals surface area contributed by atoms with Gasteiger partial charge in [0.2, 0.25) is 5.88 Å². The number of nitrogen functional groups attached to an aromatic ring is 1. The van der Waals surface area contributed by atoms with E-state index in [1.807, 2.05) is 32.9 Å². The molecule has 0 saturated carbocycles. The van der Waals surface area contributed by atoms with Crippen LogP contribution >= 0.6 is 0 Å². The van der Waals surface area contributed by atoms with Crippen LogP contribution in [0.25, 0.3) is 0 Å². The molecule has 1 aromatic heterocycles. The van der Waals surface area contributed by atoms with Crippen LogP contribution in [0.4, 0.5) is 11.5 Å². The number of hydrogen-bond acceptors (Lipinski definition) is 4. The summed E-state index contributed by atoms with van der Waals surface area (Å²) in [6, 6.07) is 3.89. The molecule has 1 rings (SSSR count). The van der Waals surface area contributed by atoms with Crippen molar-refractivity contribution in [3.8, 4) is 5.88 Å². The van der Waals surface area contributed by atoms with E-state index in [2.05, 4.69) is 23.7 Å². The Hall–Kier alpha value is -1.45. The van der Waals surface area contributed by atoms with Crippen molar-refractivity contribution in [1.29, 1.82) is 0 Å². The monoisotopic (exact) mass is 293 g/mol. The Morgan fingerprint density at radius 3 is 2.14 bits per heavy atom. The highest BCUT2D eigenvalue weighted by Crippen LogP contribution is 2.26. The lowest BCUT2D eigenvalue weighted by Crippen LogP contribution is -2.28. The number of anilines is 2. The van der Waals surface area contributed by atoms with Crippen LogP contribution < -0.4 is 15.4 Å². The first-order valence-corrected chi connectivity index (χ1v) is 8.08. The van der Waals surface area contributed by atoms with Gasteiger partial charge in [-0.3, -0.25) is 0 Å². The molecule has 120 valence electrons. The van der Waals surface area contributed by atoms with Gasteiger partial charge in [-0.15, -0.1) is 0 Å². The second-order valence-corrected chi connectivity index (χ2v) is 6.47. The van der Waals surface area contributed by atoms with Gasteiger partial charge >= 0.3 is 0 Å². The molecule has 0 atom stereocenters. The maximum absolute atomic E-state index is 5.99. The predicted octanol–water partition coefficient (Wildman–Crippen LogP) is 4.25. The van der Waals surface area contributed by atoms with E-state index in [4.69, 9.17) is 10.5 Å². The van der Waals surface area contributed by atoms with Crippen LogP contribution in [-0.2, 0) is 0 Å². The lowest BCUT2D eigenvalue weighted by Gasteiger charge is -2.26. The van der Waals surface area contributed by atoms with Crippen molar-refractivity contribution in [2.24, 2.45) is 0 Å². The van der Waals surface area contributed by atoms with E-state index in [0.29, 0.717) is 11.6 Å². The highest BCUT2D eigenvalue weighted by atomic mass is 16.5. The summed E-state index contributed by atoms with van der Waals surface area (Å²) in [6.45, 7) is 12.5. The molecule has 1 heterocycles. The van der Waals surface area contributed by atoms with Crippen molar-refractivity contribution in [3.63, 3.8) is 0 Å². The number of hydrogen-bond donors (Lipinski definition) is 1. The summed E-state index contributed by atoms with van der Waals surface area (Å²) in [6.07, 6.45) is 4.71. The maximum atomic E-state index is 5.99. The van der Waals surface area contributed by atoms with Gasteiger partial charge in [-0.05, 0) is 45.7 Å². The molecule has 1 aromatic rings. The van der Waals surface area contributed by atoms with Crippen molar-refractivity contribution in [2.75, 3.05) is 23.7 Å². The van der Waals surface area contributed by atoms with Gasteiger partial charge in [-0.1, -0.05) is 26.7 Å². The van der Waals surface area contributed by atoms with E-state index in [9.17, 15) is 0 Å². The fourth-order valence-electron chi connectivity index (χ4n) is 2.03. The minimum atomic E-state index is -0.294. The van der Waals surface area contributed by atoms with Crippen molar-refractivity contribution < 1.29 is 4.74 Å². The van der Waals surface area contributed by atoms with Gasteiger partial charge in [0.1, 0.15) is 11.4 Å². The molecule has 0 aliphatic carbocycles. The predicted molar refractivity (Wildman–Crippen MR) is 91.1 cm³/mol. The van der Waals surface area contributed by atoms with Crippen molar-refractivity contribution in [1.82, 2.24) is 4.98 Å². The van der Waals surface area contributed by atoms with Crippen LogP contribution in [0, 0.1) is 0 Å². The van der Waals surface area contributed by atoms with Gasteiger partial charge in [-0.25, -0.2) is 0 Å². The van der Waals surface area contributed by atoms with Gasteiger partial charge in [0.05, 0.1) is 5.69 Å². The second kappa shape index (κ2) is 8.11. The molecule has 0 aliphatic rings. The molecular formula is C17H31N3O. The fourth-order valence-corrected chi connectivity index (χ4v) is 2.03. The molecule has 0 amide bonds. The van der Waals surface area contributed by atoms with Crippen LogP contribution in [0.5, 0.6) is 5.88 Å². The highest BCUT2D eigenvalue weighted by Gasteiger charge is 2.17. The number of unbranched alkanes of at least 4 members (excludes halogenated alkanes) is 2. The van der Waals surface area contributed by atoms with Crippen molar-refractivity contribution in [2.45, 2.75) is 65.9 Å². The molecule has 0 fully saturated rings. The van der Waals surface area contributed by atoms with Gasteiger partial charge in [0, 0.05) is 13.1 Å². The summed E-state index contributed by atoms with van der Waals surface area (Å²) in [4.78, 5) is 6.98. The Bertz CT molecular complexity index is 419. The highest BCUT2D eigenvalue weighted by molar-refractivity contribution is 5.54. The number of nitrogens with two attached hydrogens (primary N) is 1. The van der Waals surface area contributed by atoms with E-state index in [0.717, 1.165) is 18.9 Å². The molecule has 0 aliphatic heterocycles. The van der Waals surface area contributed by atoms with Crippen LogP contribution in [0.3, 0.4) is 0 Å². The van der Waals surface area contributed by atoms with E-state index in [1.165, 1.54) is 25.7 Å². The zero-order valence-corrected chi connectivity index (χ0v) is 14.3. The van der Waals surface area contributed by atoms with E-state index in [-0.39, 0.29) is 5.60 Å². The Balaban J connectivity index is 2.94. The molecule has 0 unspecified atom stereocenters. The molecule has 4 nitrogen and oxygen atoms in total. The minimum Gasteiger partial charge on any atom is -0.470 e. The summed E-state index contributed by atoms with van der Waals surface area (Å²) in [7, 11) is 0. The zero-order chi connectivity index (χ0) is 15.9. The van der Waals surface area contributed by atoms with Crippen LogP contribution in [0.2, 0.25) is 0 Å². The molecular weight excluding hydrogens is 262 g/mol. The molecule has 0 aromatic carbocycles. The number of aromatic nitrogens is 1. The molecule has 21 heavy (non-hydrogen) atoms. The third-order valence-corrected chi connectivity index (χ3v) is 3.17. The van der Waals surface area contributed by atoms with Gasteiger partial charge in [0.15, 0.2) is 0 Å². The lowest BCUT2D eigenvalue weighted by molar-refractivity contribution is 0.125. The summed E-state index contributed by atoms with van der Waals surface area (Å²) in [5.41, 5.74) is 6.29. The first-order valence-electron chi connectivity index (χ1n) is 8.08. The van der Waals surface area contributed by atoms with Crippen LogP contribution in [-0.4, -0.2) is 23.7 Å². The molecule has 0 saturated heterocycles. The molecule has 0 radical (unpaired) electrons. The summed E-state index contributed by atoms with van der Waals surface area (Å²) in [5.74, 6) is 1.50. The Labute approximate surface area is 129 Å². The number of pyridine rings is 1. The Kier molecular flexibility index (Phi) is 6.79. The summed E-state index contributed by atoms with van der Waals surface area (Å²) < 4.78 is 5.87. The van der Waals surface area contributed by atoms with Gasteiger partial charge < -0.3 is 15.4 Å². The minimum absolute atomic E-state index is 0.294. The zero-order valence-electron chi connectivity index (χ0n) is 14.3. The second-order valence-electron chi connectivity index (χ2n) is 6.47. The van der Waals surface area contributed by atoms with Crippen molar-refractivity contribution in [3.05, 3.63) is 12.1 Å². The SMILES string of the molecule is CCCCN(CCCC)c1ccc(N)c(OC(C)(C)C)n1. The number of rotatable bonds is 8. The fraction of sp³-hybridized carbons (Fsp3) is 0.706. The van der Waals surface area contributed by atoms with E-state index in [1.54, 1.807) is 0 Å². The Morgan fingerprint density at radius 1 is 1.10 bits per heavy atom. The third kappa shape index (κ3) is 6.23. The summed E-state index contributed by atoms with van der Waals surface area (Å²) in [5, 5.41) is 0. The standard InChI is InChI=1S/C17H31N3O/c1-6-8-12-20(13-9-7-2)15-11-10-14(18)16(19-15)21-17(3,4)5/h10-11H,6-9,12-13,18H2,1-5H3. The molecule has 0 spiro atoms. The van der Waals surface area contributed by atoms with Gasteiger partial charge in [-0.2, -0.15) is 4.98 Å². The Morgan fingerprint density at radius 2 is 1.67 bits per heavy atom. The normalized spacial score (nSPS) is 11.5. The van der Waals surface area contributed by atoms with Crippen LogP contribution in [0.15, 0.2) is 12.1 Å². The quantitative estimate of drug-likeness (QED) is 0.778. The molecule has 2 N–H and O–H groups in total. The topological polar surface area (TPSA) is 51.4 Å². The third-order valence-electron chi connectivity index (χ3n) is 3.17. The number of nitrogens with zero attached hydrogens (tertiary/aromatic N) is 2. The van der Waals surface area contributed by atoms with Crippen molar-refractivity contribution >= 4 is 11.5 Å². The molecule has 0 bridgehead atoms. The van der Waals surface area contributed by atoms with Gasteiger partial charge in [0.25, 0.3) is 0 Å². The first kappa shape index (κ1) is 17.6. The molecule has 4 heteroatoms. The average molecular weight is 293 g/mol. The maximum Gasteiger partial charge on any atom is 0.239 e. The first-order chi connectivity index (χ1) is 9.87. The lowest BCUT2D eigenvalue weighted by atomic mass is 10.2. The van der Waals surface area contributed by atoms with E-state index >= 15 is 0 Å². The van der Waals surface area contributed by atoms with Crippen LogP contribution in [0.1, 0.15) is 60.3 Å².